The third-order valence-electron chi connectivity index (χ3n) is 19.4. The van der Waals surface area contributed by atoms with Crippen LogP contribution in [-0.4, -0.2) is 0 Å². The topological polar surface area (TPSA) is 26.3 Å². The summed E-state index contributed by atoms with van der Waals surface area (Å²) in [5.41, 5.74) is 16.0. The molecule has 0 saturated carbocycles. The third kappa shape index (κ3) is 8.14. The second kappa shape index (κ2) is 20.8. The lowest BCUT2D eigenvalue weighted by Gasteiger charge is -2.19. The highest BCUT2D eigenvalue weighted by atomic mass is 16.3. The molecule has 0 spiro atoms. The molecule has 0 amide bonds. The van der Waals surface area contributed by atoms with Gasteiger partial charge in [-0.2, -0.15) is 0 Å². The zero-order chi connectivity index (χ0) is 60.4. The van der Waals surface area contributed by atoms with Gasteiger partial charge in [-0.15, -0.1) is 0 Å². The first-order valence-electron chi connectivity index (χ1n) is 31.7. The lowest BCUT2D eigenvalue weighted by Crippen LogP contribution is -1.92. The molecule has 0 unspecified atom stereocenters. The first kappa shape index (κ1) is 51.9. The summed E-state index contributed by atoms with van der Waals surface area (Å²) in [4.78, 5) is 0. The fourth-order valence-corrected chi connectivity index (χ4v) is 15.3. The van der Waals surface area contributed by atoms with Crippen LogP contribution in [0.4, 0.5) is 0 Å². The highest BCUT2D eigenvalue weighted by molar-refractivity contribution is 6.31. The molecular formula is C90H54O2. The molecule has 426 valence electrons. The molecule has 0 aliphatic heterocycles. The number of furan rings is 2. The summed E-state index contributed by atoms with van der Waals surface area (Å²) in [5.74, 6) is 0. The van der Waals surface area contributed by atoms with E-state index in [2.05, 4.69) is 328 Å². The average Bonchev–Trinajstić information content (AvgIpc) is 1.35. The highest BCUT2D eigenvalue weighted by Gasteiger charge is 2.22. The third-order valence-corrected chi connectivity index (χ3v) is 19.4. The number of rotatable bonds is 5. The van der Waals surface area contributed by atoms with Gasteiger partial charge in [0.1, 0.15) is 22.3 Å². The van der Waals surface area contributed by atoms with E-state index in [-0.39, 0.29) is 0 Å². The van der Waals surface area contributed by atoms with Crippen LogP contribution in [0.25, 0.3) is 196 Å². The molecule has 0 fully saturated rings. The largest absolute Gasteiger partial charge is 0.456 e. The standard InChI is InChI=1S/C54H32O.C36H22O/c1-3-13-35-29-39(23-21-33(35)11-1)51-44-18-8-9-19-45(44)52(40-24-22-34-12-2-4-14-36(34)30-40)48-31-37(25-27-46(48)51)38-26-28-50-49(32-38)53-43-17-7-5-15-41(43)42-16-6-10-20-47(42)54(53)55-50;1-2-11-24(12-3-1)34-27-14-6-8-16-29(27)35(30-17-9-7-15-28(30)34)25-19-20-32-31(22-25)36-26-13-5-4-10-23(26)18-21-33(36)37-32/h1-32H;1-22H. The van der Waals surface area contributed by atoms with Gasteiger partial charge in [0, 0.05) is 26.9 Å². The predicted octanol–water partition coefficient (Wildman–Crippen LogP) is 25.9. The molecule has 0 radical (unpaired) electrons. The second-order valence-corrected chi connectivity index (χ2v) is 24.5. The highest BCUT2D eigenvalue weighted by Crippen LogP contribution is 2.49. The van der Waals surface area contributed by atoms with Gasteiger partial charge in [0.05, 0.1) is 0 Å². The van der Waals surface area contributed by atoms with Crippen LogP contribution in [0.5, 0.6) is 0 Å². The predicted molar refractivity (Wildman–Crippen MR) is 392 cm³/mol. The van der Waals surface area contributed by atoms with Crippen molar-refractivity contribution in [1.29, 1.82) is 0 Å². The van der Waals surface area contributed by atoms with E-state index in [1.165, 1.54) is 158 Å². The number of hydrogen-bond donors (Lipinski definition) is 0. The van der Waals surface area contributed by atoms with Crippen molar-refractivity contribution < 1.29 is 8.83 Å². The van der Waals surface area contributed by atoms with Gasteiger partial charge < -0.3 is 8.83 Å². The van der Waals surface area contributed by atoms with Crippen molar-refractivity contribution in [3.63, 3.8) is 0 Å². The molecule has 2 heteroatoms. The molecule has 18 aromatic carbocycles. The van der Waals surface area contributed by atoms with Crippen molar-refractivity contribution in [3.8, 4) is 55.6 Å². The van der Waals surface area contributed by atoms with E-state index in [4.69, 9.17) is 8.83 Å². The minimum Gasteiger partial charge on any atom is -0.456 e. The Kier molecular flexibility index (Phi) is 11.7. The van der Waals surface area contributed by atoms with Crippen LogP contribution >= 0.6 is 0 Å². The molecule has 0 N–H and O–H groups in total. The summed E-state index contributed by atoms with van der Waals surface area (Å²) in [5, 5.41) is 27.0. The molecule has 2 heterocycles. The van der Waals surface area contributed by atoms with Gasteiger partial charge in [0.25, 0.3) is 0 Å². The van der Waals surface area contributed by atoms with E-state index in [1.807, 2.05) is 0 Å². The lowest BCUT2D eigenvalue weighted by molar-refractivity contribution is 0.669. The van der Waals surface area contributed by atoms with Crippen molar-refractivity contribution >= 4 is 141 Å². The van der Waals surface area contributed by atoms with Crippen molar-refractivity contribution in [1.82, 2.24) is 0 Å². The Morgan fingerprint density at radius 2 is 0.500 bits per heavy atom. The summed E-state index contributed by atoms with van der Waals surface area (Å²) in [6.07, 6.45) is 0. The van der Waals surface area contributed by atoms with Gasteiger partial charge in [0.2, 0.25) is 0 Å². The van der Waals surface area contributed by atoms with E-state index in [1.54, 1.807) is 0 Å². The monoisotopic (exact) mass is 1170 g/mol. The molecule has 92 heavy (non-hydrogen) atoms. The molecule has 2 aromatic heterocycles. The van der Waals surface area contributed by atoms with Crippen LogP contribution < -0.4 is 0 Å². The van der Waals surface area contributed by atoms with Gasteiger partial charge in [-0.05, 0) is 196 Å². The van der Waals surface area contributed by atoms with E-state index in [0.29, 0.717) is 0 Å². The zero-order valence-electron chi connectivity index (χ0n) is 50.0. The maximum Gasteiger partial charge on any atom is 0.143 e. The van der Waals surface area contributed by atoms with E-state index in [0.717, 1.165) is 38.5 Å². The lowest BCUT2D eigenvalue weighted by atomic mass is 9.84. The Labute approximate surface area is 529 Å². The van der Waals surface area contributed by atoms with E-state index >= 15 is 0 Å². The molecule has 20 aromatic rings. The molecule has 0 bridgehead atoms. The molecule has 0 aliphatic rings. The zero-order valence-corrected chi connectivity index (χ0v) is 50.0. The van der Waals surface area contributed by atoms with Crippen molar-refractivity contribution in [2.75, 3.05) is 0 Å². The summed E-state index contributed by atoms with van der Waals surface area (Å²) in [6.45, 7) is 0. The molecule has 0 atom stereocenters. The molecule has 20 rings (SSSR count). The van der Waals surface area contributed by atoms with E-state index in [9.17, 15) is 0 Å². The number of benzene rings is 18. The van der Waals surface area contributed by atoms with Gasteiger partial charge in [0.15, 0.2) is 0 Å². The van der Waals surface area contributed by atoms with E-state index < -0.39 is 0 Å². The number of fused-ring (bicyclic) bond motifs is 19. The quantitative estimate of drug-likeness (QED) is 0.127. The molecule has 0 saturated heterocycles. The Hall–Kier alpha value is -12.1. The number of hydrogen-bond acceptors (Lipinski definition) is 2. The summed E-state index contributed by atoms with van der Waals surface area (Å²) < 4.78 is 13.0. The minimum atomic E-state index is 0.905. The molecular weight excluding hydrogens is 1110 g/mol. The average molecular weight is 1170 g/mol. The van der Waals surface area contributed by atoms with Gasteiger partial charge >= 0.3 is 0 Å². The Balaban J connectivity index is 0.000000142. The maximum absolute atomic E-state index is 6.69. The van der Waals surface area contributed by atoms with Gasteiger partial charge in [-0.1, -0.05) is 279 Å². The van der Waals surface area contributed by atoms with Crippen LogP contribution in [0, 0.1) is 0 Å². The first-order chi connectivity index (χ1) is 45.6. The van der Waals surface area contributed by atoms with Crippen LogP contribution in [0.1, 0.15) is 0 Å². The minimum absolute atomic E-state index is 0.905. The van der Waals surface area contributed by atoms with Gasteiger partial charge in [-0.3, -0.25) is 0 Å². The van der Waals surface area contributed by atoms with Crippen molar-refractivity contribution in [2.45, 2.75) is 0 Å². The van der Waals surface area contributed by atoms with Crippen LogP contribution in [0.3, 0.4) is 0 Å². The summed E-state index contributed by atoms with van der Waals surface area (Å²) in [7, 11) is 0. The Morgan fingerprint density at radius 3 is 1.09 bits per heavy atom. The Morgan fingerprint density at radius 1 is 0.152 bits per heavy atom. The smallest absolute Gasteiger partial charge is 0.143 e. The normalized spacial score (nSPS) is 11.9. The van der Waals surface area contributed by atoms with Crippen molar-refractivity contribution in [2.24, 2.45) is 0 Å². The molecule has 0 aliphatic carbocycles. The van der Waals surface area contributed by atoms with Crippen molar-refractivity contribution in [3.05, 3.63) is 328 Å². The second-order valence-electron chi connectivity index (χ2n) is 24.5. The maximum atomic E-state index is 6.69. The summed E-state index contributed by atoms with van der Waals surface area (Å²) in [6, 6.07) is 119. The fourth-order valence-electron chi connectivity index (χ4n) is 15.3. The summed E-state index contributed by atoms with van der Waals surface area (Å²) >= 11 is 0. The van der Waals surface area contributed by atoms with Crippen LogP contribution in [0.15, 0.2) is 336 Å². The fraction of sp³-hybridized carbons (Fsp3) is 0. The SMILES string of the molecule is c1ccc(-c2c3ccccc3c(-c3ccc4oc5ccc6ccccc6c5c4c3)c3ccccc23)cc1.c1ccc2cc(-c3c4ccccc4c(-c4ccc5ccccc5c4)c4cc(-c5ccc6oc7c8ccccc8c8ccccc8c7c6c5)ccc34)ccc2c1. The van der Waals surface area contributed by atoms with Crippen LogP contribution in [-0.2, 0) is 0 Å². The molecule has 2 nitrogen and oxygen atoms in total. The van der Waals surface area contributed by atoms with Crippen LogP contribution in [0.2, 0.25) is 0 Å². The first-order valence-corrected chi connectivity index (χ1v) is 31.7. The Bertz CT molecular complexity index is 6380. The van der Waals surface area contributed by atoms with Gasteiger partial charge in [-0.25, -0.2) is 0 Å².